The number of methoxy groups -OCH3 is 2. The molecule has 0 aliphatic carbocycles. The fraction of sp³-hybridized carbons (Fsp3) is 0.0667. The highest BCUT2D eigenvalue weighted by Crippen LogP contribution is 2.33. The summed E-state index contributed by atoms with van der Waals surface area (Å²) in [5.41, 5.74) is 8.34. The summed E-state index contributed by atoms with van der Waals surface area (Å²) >= 11 is 0. The van der Waals surface area contributed by atoms with E-state index < -0.39 is 0 Å². The molecule has 6 heteroatoms. The van der Waals surface area contributed by atoms with Crippen LogP contribution < -0.4 is 26.4 Å². The topological polar surface area (TPSA) is 39.1 Å². The van der Waals surface area contributed by atoms with Gasteiger partial charge < -0.3 is 26.3 Å². The van der Waals surface area contributed by atoms with Gasteiger partial charge in [-0.3, -0.25) is 0 Å². The van der Waals surface area contributed by atoms with Crippen molar-refractivity contribution in [3.05, 3.63) is 121 Å². The standard InChI is InChI=1S/C30H24N3O2.ClH/c1-34-23-13-9-21(10-14-23)29-19-25(27-7-3-5-17-32(27)29)31-26-20-30(33-18-6-4-8-28(26)33)22-11-15-24(35-2)16-12-22;/h3-20H,1-2H3;1H/q+1;/p-1. The average molecular weight is 494 g/mol. The molecule has 5 aromatic rings. The Morgan fingerprint density at radius 2 is 1.42 bits per heavy atom. The molecule has 0 unspecified atom stereocenters. The molecule has 3 aromatic heterocycles. The quantitative estimate of drug-likeness (QED) is 0.353. The van der Waals surface area contributed by atoms with Crippen molar-refractivity contribution < 1.29 is 26.4 Å². The first-order chi connectivity index (χ1) is 17.2. The smallest absolute Gasteiger partial charge is 0.237 e. The Morgan fingerprint density at radius 3 is 2.11 bits per heavy atom. The fourth-order valence-electron chi connectivity index (χ4n) is 4.55. The number of ether oxygens (including phenoxy) is 2. The zero-order valence-electron chi connectivity index (χ0n) is 19.9. The number of benzene rings is 2. The molecule has 2 aromatic carbocycles. The van der Waals surface area contributed by atoms with Gasteiger partial charge in [0.15, 0.2) is 6.20 Å². The molecule has 0 N–H and O–H groups in total. The molecular weight excluding hydrogens is 470 g/mol. The molecule has 0 spiro atoms. The van der Waals surface area contributed by atoms with Gasteiger partial charge in [-0.15, -0.1) is 0 Å². The van der Waals surface area contributed by atoms with Crippen molar-refractivity contribution in [1.82, 2.24) is 4.40 Å². The summed E-state index contributed by atoms with van der Waals surface area (Å²) in [5.74, 6) is 1.68. The molecule has 0 saturated heterocycles. The Bertz CT molecular complexity index is 1600. The lowest BCUT2D eigenvalue weighted by molar-refractivity contribution is -0.577. The number of allylic oxidation sites excluding steroid dienone is 1. The zero-order chi connectivity index (χ0) is 23.8. The van der Waals surface area contributed by atoms with Crippen molar-refractivity contribution in [3.8, 4) is 22.8 Å². The molecule has 0 atom stereocenters. The lowest BCUT2D eigenvalue weighted by Gasteiger charge is -2.04. The second-order valence-corrected chi connectivity index (χ2v) is 8.31. The van der Waals surface area contributed by atoms with Crippen LogP contribution in [0.15, 0.2) is 114 Å². The van der Waals surface area contributed by atoms with E-state index >= 15 is 0 Å². The molecule has 6 rings (SSSR count). The van der Waals surface area contributed by atoms with E-state index in [0.29, 0.717) is 0 Å². The Kier molecular flexibility index (Phi) is 6.32. The van der Waals surface area contributed by atoms with E-state index in [4.69, 9.17) is 14.5 Å². The first kappa shape index (κ1) is 23.4. The number of halogens is 1. The highest BCUT2D eigenvalue weighted by molar-refractivity contribution is 6.13. The molecular formula is C30H24ClN3O2. The molecule has 0 radical (unpaired) electrons. The van der Waals surface area contributed by atoms with E-state index in [0.717, 1.165) is 56.6 Å². The second-order valence-electron chi connectivity index (χ2n) is 8.31. The lowest BCUT2D eigenvalue weighted by atomic mass is 10.1. The third-order valence-corrected chi connectivity index (χ3v) is 6.32. The summed E-state index contributed by atoms with van der Waals surface area (Å²) in [5, 5.41) is 0. The minimum Gasteiger partial charge on any atom is -1.00 e. The minimum absolute atomic E-state index is 0. The Morgan fingerprint density at radius 1 is 0.750 bits per heavy atom. The first-order valence-electron chi connectivity index (χ1n) is 11.5. The molecule has 0 amide bonds. The maximum absolute atomic E-state index is 5.33. The van der Waals surface area contributed by atoms with Crippen molar-refractivity contribution >= 4 is 22.6 Å². The third-order valence-electron chi connectivity index (χ3n) is 6.32. The van der Waals surface area contributed by atoms with Gasteiger partial charge in [0.05, 0.1) is 31.1 Å². The van der Waals surface area contributed by atoms with Crippen molar-refractivity contribution in [3.63, 3.8) is 0 Å². The summed E-state index contributed by atoms with van der Waals surface area (Å²) < 4.78 is 15.0. The maximum Gasteiger partial charge on any atom is 0.237 e. The largest absolute Gasteiger partial charge is 1.00 e. The highest BCUT2D eigenvalue weighted by Gasteiger charge is 2.29. The molecule has 0 fully saturated rings. The van der Waals surface area contributed by atoms with Crippen molar-refractivity contribution in [1.29, 1.82) is 0 Å². The minimum atomic E-state index is 0. The number of hydrogen-bond acceptors (Lipinski definition) is 3. The van der Waals surface area contributed by atoms with E-state index in [1.807, 2.05) is 48.5 Å². The Balaban J connectivity index is 0.00000267. The predicted octanol–water partition coefficient (Wildman–Crippen LogP) is 2.94. The molecule has 178 valence electrons. The van der Waals surface area contributed by atoms with Crippen LogP contribution in [-0.2, 0) is 0 Å². The van der Waals surface area contributed by atoms with Gasteiger partial charge in [-0.2, -0.15) is 4.57 Å². The highest BCUT2D eigenvalue weighted by atomic mass is 35.5. The zero-order valence-corrected chi connectivity index (χ0v) is 20.7. The van der Waals surface area contributed by atoms with Crippen LogP contribution in [0.3, 0.4) is 0 Å². The maximum atomic E-state index is 5.33. The molecule has 0 bridgehead atoms. The number of pyridine rings is 2. The van der Waals surface area contributed by atoms with Gasteiger partial charge in [0, 0.05) is 30.0 Å². The normalized spacial score (nSPS) is 13.3. The van der Waals surface area contributed by atoms with Crippen molar-refractivity contribution in [2.75, 3.05) is 14.2 Å². The number of aromatic nitrogens is 2. The fourth-order valence-corrected chi connectivity index (χ4v) is 4.55. The van der Waals surface area contributed by atoms with Crippen LogP contribution in [-0.4, -0.2) is 24.3 Å². The van der Waals surface area contributed by atoms with Crippen LogP contribution in [0.25, 0.3) is 22.5 Å². The van der Waals surface area contributed by atoms with Crippen molar-refractivity contribution in [2.24, 2.45) is 4.99 Å². The van der Waals surface area contributed by atoms with Gasteiger partial charge in [0.2, 0.25) is 11.4 Å². The number of rotatable bonds is 5. The van der Waals surface area contributed by atoms with Gasteiger partial charge in [0.1, 0.15) is 17.2 Å². The summed E-state index contributed by atoms with van der Waals surface area (Å²) in [6.45, 7) is 0. The van der Waals surface area contributed by atoms with E-state index in [9.17, 15) is 0 Å². The van der Waals surface area contributed by atoms with Gasteiger partial charge in [0.25, 0.3) is 0 Å². The monoisotopic (exact) mass is 493 g/mol. The number of hydrogen-bond donors (Lipinski definition) is 0. The van der Waals surface area contributed by atoms with E-state index in [1.54, 1.807) is 14.2 Å². The molecule has 5 nitrogen and oxygen atoms in total. The van der Waals surface area contributed by atoms with Crippen LogP contribution in [0.2, 0.25) is 0 Å². The van der Waals surface area contributed by atoms with Crippen LogP contribution in [0, 0.1) is 0 Å². The predicted molar refractivity (Wildman–Crippen MR) is 139 cm³/mol. The summed E-state index contributed by atoms with van der Waals surface area (Å²) in [6, 6.07) is 30.8. The van der Waals surface area contributed by atoms with E-state index in [2.05, 4.69) is 69.9 Å². The van der Waals surface area contributed by atoms with E-state index in [1.165, 1.54) is 0 Å². The van der Waals surface area contributed by atoms with Gasteiger partial charge in [-0.1, -0.05) is 6.07 Å². The number of fused-ring (bicyclic) bond motifs is 2. The molecule has 36 heavy (non-hydrogen) atoms. The Labute approximate surface area is 216 Å². The number of aliphatic imine (C=N–C) groups is 1. The van der Waals surface area contributed by atoms with Gasteiger partial charge in [-0.05, 0) is 78.4 Å². The molecule has 0 saturated carbocycles. The Hall–Kier alpha value is -4.35. The summed E-state index contributed by atoms with van der Waals surface area (Å²) in [4.78, 5) is 5.17. The first-order valence-corrected chi connectivity index (χ1v) is 11.5. The average Bonchev–Trinajstić information content (AvgIpc) is 3.48. The SMILES string of the molecule is COc1ccc(C2=CC(=Nc3cc(-c4ccc(OC)cc4)n4ccccc34)c3cccc[n+]32)cc1.[Cl-]. The molecule has 1 aliphatic heterocycles. The third kappa shape index (κ3) is 4.04. The summed E-state index contributed by atoms with van der Waals surface area (Å²) in [6.07, 6.45) is 6.31. The number of nitrogens with zero attached hydrogens (tertiary/aromatic N) is 3. The van der Waals surface area contributed by atoms with Crippen molar-refractivity contribution in [2.45, 2.75) is 0 Å². The van der Waals surface area contributed by atoms with Gasteiger partial charge in [-0.25, -0.2) is 4.99 Å². The second kappa shape index (κ2) is 9.72. The van der Waals surface area contributed by atoms with Crippen LogP contribution in [0.4, 0.5) is 5.69 Å². The van der Waals surface area contributed by atoms with Crippen LogP contribution >= 0.6 is 0 Å². The van der Waals surface area contributed by atoms with Crippen LogP contribution in [0.1, 0.15) is 11.3 Å². The summed E-state index contributed by atoms with van der Waals surface area (Å²) in [7, 11) is 3.36. The van der Waals surface area contributed by atoms with E-state index in [-0.39, 0.29) is 12.4 Å². The lowest BCUT2D eigenvalue weighted by Crippen LogP contribution is -3.00. The van der Waals surface area contributed by atoms with Gasteiger partial charge >= 0.3 is 0 Å². The molecule has 1 aliphatic rings. The molecule has 4 heterocycles. The van der Waals surface area contributed by atoms with Crippen LogP contribution in [0.5, 0.6) is 11.5 Å².